The van der Waals surface area contributed by atoms with E-state index >= 15 is 4.57 Å². The van der Waals surface area contributed by atoms with Crippen LogP contribution in [-0.4, -0.2) is 0 Å². The number of anilines is 3. The highest BCUT2D eigenvalue weighted by Gasteiger charge is 2.33. The molecular formula is C36H26NOPS. The van der Waals surface area contributed by atoms with Crippen LogP contribution in [0.3, 0.4) is 0 Å². The highest BCUT2D eigenvalue weighted by Crippen LogP contribution is 2.50. The molecule has 6 aromatic carbocycles. The molecule has 0 aliphatic carbocycles. The average Bonchev–Trinajstić information content (AvgIpc) is 3.42. The molecule has 40 heavy (non-hydrogen) atoms. The lowest BCUT2D eigenvalue weighted by Gasteiger charge is -2.27. The van der Waals surface area contributed by atoms with E-state index in [4.69, 9.17) is 0 Å². The Kier molecular flexibility index (Phi) is 6.32. The van der Waals surface area contributed by atoms with Gasteiger partial charge in [-0.1, -0.05) is 115 Å². The standard InChI is InChI=1S/C36H26NOPS/c38-39(29-19-9-3-10-20-29,30-21-11-4-12-22-30)32-24-14-26-34-36(32)35-31(23-13-25-33(35)40-34)37(27-15-5-1-6-16-27)28-17-7-2-8-18-28/h1-26H. The maximum Gasteiger partial charge on any atom is 0.171 e. The van der Waals surface area contributed by atoms with Gasteiger partial charge in [0.2, 0.25) is 0 Å². The fraction of sp³-hybridized carbons (Fsp3) is 0. The molecule has 0 atom stereocenters. The number of fused-ring (bicyclic) bond motifs is 3. The summed E-state index contributed by atoms with van der Waals surface area (Å²) in [6.07, 6.45) is 0. The van der Waals surface area contributed by atoms with Crippen molar-refractivity contribution in [1.29, 1.82) is 0 Å². The second-order valence-electron chi connectivity index (χ2n) is 9.69. The van der Waals surface area contributed by atoms with E-state index in [1.54, 1.807) is 11.3 Å². The Hall–Kier alpha value is -4.43. The molecule has 1 aromatic heterocycles. The fourth-order valence-electron chi connectivity index (χ4n) is 5.56. The number of para-hydroxylation sites is 2. The molecule has 0 unspecified atom stereocenters. The lowest BCUT2D eigenvalue weighted by atomic mass is 10.1. The zero-order chi connectivity index (χ0) is 26.9. The predicted octanol–water partition coefficient (Wildman–Crippen LogP) is 9.16. The van der Waals surface area contributed by atoms with Crippen molar-refractivity contribution in [3.63, 3.8) is 0 Å². The van der Waals surface area contributed by atoms with E-state index in [0.717, 1.165) is 48.4 Å². The van der Waals surface area contributed by atoms with Crippen LogP contribution in [0.15, 0.2) is 158 Å². The van der Waals surface area contributed by atoms with Crippen molar-refractivity contribution in [2.75, 3.05) is 4.90 Å². The summed E-state index contributed by atoms with van der Waals surface area (Å²) in [6, 6.07) is 53.6. The van der Waals surface area contributed by atoms with E-state index in [0.29, 0.717) is 0 Å². The summed E-state index contributed by atoms with van der Waals surface area (Å²) in [7, 11) is -3.20. The molecule has 7 aromatic rings. The minimum Gasteiger partial charge on any atom is -0.310 e. The van der Waals surface area contributed by atoms with Gasteiger partial charge in [-0.15, -0.1) is 11.3 Å². The van der Waals surface area contributed by atoms with Crippen molar-refractivity contribution in [3.05, 3.63) is 158 Å². The number of benzene rings is 6. The molecule has 0 spiro atoms. The largest absolute Gasteiger partial charge is 0.310 e. The highest BCUT2D eigenvalue weighted by molar-refractivity contribution is 7.85. The molecule has 0 saturated heterocycles. The first kappa shape index (κ1) is 24.6. The van der Waals surface area contributed by atoms with Gasteiger partial charge in [0.25, 0.3) is 0 Å². The summed E-state index contributed by atoms with van der Waals surface area (Å²) in [5.74, 6) is 0. The van der Waals surface area contributed by atoms with Gasteiger partial charge in [-0.25, -0.2) is 0 Å². The molecule has 192 valence electrons. The Bertz CT molecular complexity index is 1890. The maximum atomic E-state index is 15.6. The first-order valence-corrected chi connectivity index (χ1v) is 15.8. The molecule has 0 N–H and O–H groups in total. The normalized spacial score (nSPS) is 11.6. The van der Waals surface area contributed by atoms with Gasteiger partial charge in [0.05, 0.1) is 5.69 Å². The van der Waals surface area contributed by atoms with E-state index in [1.165, 1.54) is 4.70 Å². The van der Waals surface area contributed by atoms with Crippen molar-refractivity contribution in [3.8, 4) is 0 Å². The lowest BCUT2D eigenvalue weighted by molar-refractivity contribution is 0.592. The molecule has 0 saturated carbocycles. The highest BCUT2D eigenvalue weighted by atomic mass is 32.1. The molecule has 0 amide bonds. The Morgan fingerprint density at radius 3 is 1.43 bits per heavy atom. The summed E-state index contributed by atoms with van der Waals surface area (Å²) in [4.78, 5) is 2.31. The van der Waals surface area contributed by atoms with E-state index in [1.807, 2.05) is 72.8 Å². The molecule has 0 aliphatic heterocycles. The van der Waals surface area contributed by atoms with Gasteiger partial charge in [0, 0.05) is 47.5 Å². The summed E-state index contributed by atoms with van der Waals surface area (Å²) >= 11 is 1.76. The van der Waals surface area contributed by atoms with E-state index in [9.17, 15) is 0 Å². The summed E-state index contributed by atoms with van der Waals surface area (Å²) in [6.45, 7) is 0. The number of rotatable bonds is 6. The number of hydrogen-bond donors (Lipinski definition) is 0. The third kappa shape index (κ3) is 4.07. The van der Waals surface area contributed by atoms with Crippen LogP contribution in [0.4, 0.5) is 17.1 Å². The zero-order valence-electron chi connectivity index (χ0n) is 21.7. The minimum absolute atomic E-state index is 0.841. The van der Waals surface area contributed by atoms with Gasteiger partial charge in [0.15, 0.2) is 7.14 Å². The average molecular weight is 552 g/mol. The third-order valence-electron chi connectivity index (χ3n) is 7.33. The van der Waals surface area contributed by atoms with Gasteiger partial charge in [-0.2, -0.15) is 0 Å². The van der Waals surface area contributed by atoms with Crippen LogP contribution >= 0.6 is 18.5 Å². The number of thiophene rings is 1. The minimum atomic E-state index is -3.20. The van der Waals surface area contributed by atoms with Crippen molar-refractivity contribution in [1.82, 2.24) is 0 Å². The van der Waals surface area contributed by atoms with Gasteiger partial charge in [0.1, 0.15) is 0 Å². The van der Waals surface area contributed by atoms with Crippen LogP contribution in [-0.2, 0) is 4.57 Å². The van der Waals surface area contributed by atoms with Crippen LogP contribution in [0.25, 0.3) is 20.2 Å². The number of hydrogen-bond acceptors (Lipinski definition) is 3. The van der Waals surface area contributed by atoms with Crippen LogP contribution in [0.5, 0.6) is 0 Å². The third-order valence-corrected chi connectivity index (χ3v) is 11.5. The van der Waals surface area contributed by atoms with Crippen LogP contribution in [0.1, 0.15) is 0 Å². The van der Waals surface area contributed by atoms with E-state index in [2.05, 4.69) is 89.8 Å². The smallest absolute Gasteiger partial charge is 0.171 e. The summed E-state index contributed by atoms with van der Waals surface area (Å²) in [5.41, 5.74) is 3.22. The molecular weight excluding hydrogens is 525 g/mol. The second kappa shape index (κ2) is 10.3. The van der Waals surface area contributed by atoms with Crippen molar-refractivity contribution in [2.24, 2.45) is 0 Å². The second-order valence-corrected chi connectivity index (χ2v) is 13.5. The molecule has 4 heteroatoms. The summed E-state index contributed by atoms with van der Waals surface area (Å²) in [5, 5.41) is 4.74. The van der Waals surface area contributed by atoms with Gasteiger partial charge in [-0.3, -0.25) is 0 Å². The molecule has 1 heterocycles. The fourth-order valence-corrected chi connectivity index (χ4v) is 9.67. The van der Waals surface area contributed by atoms with Crippen LogP contribution in [0.2, 0.25) is 0 Å². The number of nitrogens with zero attached hydrogens (tertiary/aromatic N) is 1. The van der Waals surface area contributed by atoms with Crippen molar-refractivity contribution < 1.29 is 4.57 Å². The van der Waals surface area contributed by atoms with Gasteiger partial charge >= 0.3 is 0 Å². The quantitative estimate of drug-likeness (QED) is 0.192. The van der Waals surface area contributed by atoms with Crippen LogP contribution < -0.4 is 20.8 Å². The Morgan fingerprint density at radius 1 is 0.450 bits per heavy atom. The van der Waals surface area contributed by atoms with Gasteiger partial charge in [-0.05, 0) is 42.5 Å². The maximum absolute atomic E-state index is 15.6. The van der Waals surface area contributed by atoms with Crippen molar-refractivity contribution >= 4 is 71.6 Å². The van der Waals surface area contributed by atoms with Crippen molar-refractivity contribution in [2.45, 2.75) is 0 Å². The molecule has 0 fully saturated rings. The van der Waals surface area contributed by atoms with Gasteiger partial charge < -0.3 is 9.46 Å². The molecule has 7 rings (SSSR count). The molecule has 0 radical (unpaired) electrons. The first-order chi connectivity index (χ1) is 19.7. The molecule has 0 aliphatic rings. The molecule has 2 nitrogen and oxygen atoms in total. The van der Waals surface area contributed by atoms with E-state index < -0.39 is 7.14 Å². The van der Waals surface area contributed by atoms with Crippen LogP contribution in [0, 0.1) is 0 Å². The first-order valence-electron chi connectivity index (χ1n) is 13.3. The zero-order valence-corrected chi connectivity index (χ0v) is 23.4. The lowest BCUT2D eigenvalue weighted by Crippen LogP contribution is -2.25. The molecule has 0 bridgehead atoms. The Balaban J connectivity index is 1.60. The Morgan fingerprint density at radius 2 is 0.900 bits per heavy atom. The predicted molar refractivity (Wildman–Crippen MR) is 173 cm³/mol. The van der Waals surface area contributed by atoms with E-state index in [-0.39, 0.29) is 0 Å². The Labute approximate surface area is 238 Å². The summed E-state index contributed by atoms with van der Waals surface area (Å²) < 4.78 is 17.9. The topological polar surface area (TPSA) is 20.3 Å². The monoisotopic (exact) mass is 551 g/mol. The SMILES string of the molecule is O=P(c1ccccc1)(c1ccccc1)c1cccc2sc3cccc(N(c4ccccc4)c4ccccc4)c3c12.